The lowest BCUT2D eigenvalue weighted by Crippen LogP contribution is -2.59. The molecule has 0 bridgehead atoms. The van der Waals surface area contributed by atoms with E-state index in [0.29, 0.717) is 24.9 Å². The summed E-state index contributed by atoms with van der Waals surface area (Å²) in [6.45, 7) is 1.65. The third-order valence-corrected chi connectivity index (χ3v) is 8.22. The Morgan fingerprint density at radius 3 is 2.49 bits per heavy atom. The van der Waals surface area contributed by atoms with Crippen LogP contribution in [0.15, 0.2) is 24.3 Å². The number of likely N-dealkylation sites (tertiary alicyclic amines) is 1. The maximum Gasteiger partial charge on any atom is 0.471 e. The summed E-state index contributed by atoms with van der Waals surface area (Å²) in [5.74, 6) is -3.57. The Morgan fingerprint density at radius 1 is 1.19 bits per heavy atom. The maximum atomic E-state index is 13.7. The number of benzene rings is 1. The number of carbonyl (C=O) groups excluding carboxylic acids is 4. The van der Waals surface area contributed by atoms with Gasteiger partial charge in [-0.25, -0.2) is 0 Å². The lowest BCUT2D eigenvalue weighted by atomic mass is 9.80. The molecule has 37 heavy (non-hydrogen) atoms. The van der Waals surface area contributed by atoms with E-state index in [9.17, 15) is 32.3 Å². The second kappa shape index (κ2) is 8.71. The molecule has 2 aliphatic carbocycles. The lowest BCUT2D eigenvalue weighted by molar-refractivity contribution is -0.175. The number of nitrogens with two attached hydrogens (primary N) is 1. The van der Waals surface area contributed by atoms with Crippen molar-refractivity contribution in [1.29, 1.82) is 0 Å². The van der Waals surface area contributed by atoms with E-state index in [1.165, 1.54) is 4.90 Å². The Bertz CT molecular complexity index is 1150. The van der Waals surface area contributed by atoms with Gasteiger partial charge in [-0.1, -0.05) is 38.0 Å². The molecule has 0 radical (unpaired) electrons. The van der Waals surface area contributed by atoms with E-state index < -0.39 is 53.0 Å². The van der Waals surface area contributed by atoms with Gasteiger partial charge in [0.05, 0.1) is 11.6 Å². The molecule has 1 unspecified atom stereocenters. The Balaban J connectivity index is 1.35. The van der Waals surface area contributed by atoms with Crippen molar-refractivity contribution in [2.45, 2.75) is 75.3 Å². The van der Waals surface area contributed by atoms with Gasteiger partial charge in [-0.2, -0.15) is 13.2 Å². The van der Waals surface area contributed by atoms with Crippen LogP contribution in [-0.2, 0) is 24.6 Å². The Labute approximate surface area is 211 Å². The zero-order valence-electron chi connectivity index (χ0n) is 20.4. The molecule has 1 aromatic carbocycles. The van der Waals surface area contributed by atoms with Gasteiger partial charge in [-0.3, -0.25) is 19.2 Å². The number of alkyl halides is 3. The van der Waals surface area contributed by atoms with Gasteiger partial charge in [-0.05, 0) is 42.2 Å². The first-order chi connectivity index (χ1) is 17.3. The van der Waals surface area contributed by atoms with Gasteiger partial charge < -0.3 is 26.6 Å². The molecule has 2 aliphatic heterocycles. The van der Waals surface area contributed by atoms with Crippen LogP contribution < -0.4 is 21.7 Å². The SMILES string of the molecule is CC1([C@@H](NC(=O)C(F)(F)F)C(=O)NC(CC2CC2)C(=O)N2C[C@]3(C[C@H]2N)C(=O)Nc2ccccc23)CC1. The second-order valence-corrected chi connectivity index (χ2v) is 11.1. The summed E-state index contributed by atoms with van der Waals surface area (Å²) in [6.07, 6.45) is -2.73. The average Bonchev–Trinajstić information content (AvgIpc) is 3.74. The summed E-state index contributed by atoms with van der Waals surface area (Å²) < 4.78 is 38.8. The molecule has 4 aliphatic rings. The van der Waals surface area contributed by atoms with E-state index in [1.54, 1.807) is 25.1 Å². The van der Waals surface area contributed by atoms with E-state index in [4.69, 9.17) is 5.73 Å². The number of para-hydroxylation sites is 1. The van der Waals surface area contributed by atoms with Crippen LogP contribution in [0.2, 0.25) is 0 Å². The summed E-state index contributed by atoms with van der Waals surface area (Å²) in [5, 5.41) is 7.31. The normalized spacial score (nSPS) is 27.3. The first-order valence-electron chi connectivity index (χ1n) is 12.5. The average molecular weight is 522 g/mol. The van der Waals surface area contributed by atoms with Crippen molar-refractivity contribution in [2.24, 2.45) is 17.1 Å². The fraction of sp³-hybridized carbons (Fsp3) is 0.600. The number of nitrogens with one attached hydrogen (secondary N) is 3. The standard InChI is InChI=1S/C25H30F3N5O4/c1-23(8-9-23)18(32-22(37)25(26,27)28)19(34)30-16(10-13-6-7-13)20(35)33-12-24(11-17(33)29)14-4-2-3-5-15(14)31-21(24)36/h2-5,13,16-18H,6-12,29H2,1H3,(H,30,34)(H,31,36)(H,32,37)/t16?,17-,18-,24-/m0/s1. The van der Waals surface area contributed by atoms with Crippen molar-refractivity contribution in [3.8, 4) is 0 Å². The molecule has 1 aromatic rings. The van der Waals surface area contributed by atoms with Gasteiger partial charge in [-0.15, -0.1) is 0 Å². The number of hydrogen-bond acceptors (Lipinski definition) is 5. The molecule has 4 atom stereocenters. The van der Waals surface area contributed by atoms with Crippen molar-refractivity contribution in [1.82, 2.24) is 15.5 Å². The van der Waals surface area contributed by atoms with Gasteiger partial charge >= 0.3 is 12.1 Å². The van der Waals surface area contributed by atoms with Gasteiger partial charge in [0.15, 0.2) is 0 Å². The molecule has 1 spiro atoms. The van der Waals surface area contributed by atoms with Crippen LogP contribution in [0.1, 0.15) is 51.0 Å². The van der Waals surface area contributed by atoms with Crippen molar-refractivity contribution in [3.63, 3.8) is 0 Å². The lowest BCUT2D eigenvalue weighted by Gasteiger charge is -2.31. The van der Waals surface area contributed by atoms with Crippen molar-refractivity contribution in [2.75, 3.05) is 11.9 Å². The third kappa shape index (κ3) is 4.67. The molecule has 5 rings (SSSR count). The highest BCUT2D eigenvalue weighted by Crippen LogP contribution is 2.49. The summed E-state index contributed by atoms with van der Waals surface area (Å²) >= 11 is 0. The summed E-state index contributed by atoms with van der Waals surface area (Å²) in [6, 6.07) is 4.74. The van der Waals surface area contributed by atoms with E-state index >= 15 is 0 Å². The van der Waals surface area contributed by atoms with Crippen LogP contribution in [-0.4, -0.2) is 59.5 Å². The number of fused-ring (bicyclic) bond motifs is 2. The molecule has 4 amide bonds. The number of rotatable bonds is 7. The smallest absolute Gasteiger partial charge is 0.342 e. The topological polar surface area (TPSA) is 134 Å². The predicted molar refractivity (Wildman–Crippen MR) is 126 cm³/mol. The summed E-state index contributed by atoms with van der Waals surface area (Å²) in [5.41, 5.74) is 5.94. The van der Waals surface area contributed by atoms with E-state index in [0.717, 1.165) is 18.4 Å². The van der Waals surface area contributed by atoms with Gasteiger partial charge in [0.25, 0.3) is 0 Å². The molecule has 3 fully saturated rings. The van der Waals surface area contributed by atoms with Crippen LogP contribution in [0.5, 0.6) is 0 Å². The molecular weight excluding hydrogens is 491 g/mol. The molecule has 200 valence electrons. The monoisotopic (exact) mass is 521 g/mol. The number of amides is 4. The minimum absolute atomic E-state index is 0.0266. The fourth-order valence-corrected chi connectivity index (χ4v) is 5.53. The van der Waals surface area contributed by atoms with E-state index in [-0.39, 0.29) is 24.8 Å². The molecule has 12 heteroatoms. The zero-order valence-corrected chi connectivity index (χ0v) is 20.4. The fourth-order valence-electron chi connectivity index (χ4n) is 5.53. The number of nitrogens with zero attached hydrogens (tertiary/aromatic N) is 1. The first kappa shape index (κ1) is 25.5. The number of halogens is 3. The highest BCUT2D eigenvalue weighted by atomic mass is 19.4. The maximum absolute atomic E-state index is 13.7. The minimum Gasteiger partial charge on any atom is -0.342 e. The molecule has 0 aromatic heterocycles. The first-order valence-corrected chi connectivity index (χ1v) is 12.5. The van der Waals surface area contributed by atoms with Crippen molar-refractivity contribution >= 4 is 29.3 Å². The largest absolute Gasteiger partial charge is 0.471 e. The van der Waals surface area contributed by atoms with Crippen LogP contribution in [0, 0.1) is 11.3 Å². The number of anilines is 1. The third-order valence-electron chi connectivity index (χ3n) is 8.22. The van der Waals surface area contributed by atoms with Gasteiger partial charge in [0.1, 0.15) is 12.1 Å². The summed E-state index contributed by atoms with van der Waals surface area (Å²) in [4.78, 5) is 52.9. The Hall–Kier alpha value is -3.15. The number of hydrogen-bond donors (Lipinski definition) is 4. The predicted octanol–water partition coefficient (Wildman–Crippen LogP) is 1.53. The quantitative estimate of drug-likeness (QED) is 0.432. The van der Waals surface area contributed by atoms with E-state index in [2.05, 4.69) is 10.6 Å². The highest BCUT2D eigenvalue weighted by Gasteiger charge is 2.56. The van der Waals surface area contributed by atoms with Crippen molar-refractivity contribution in [3.05, 3.63) is 29.8 Å². The zero-order chi connectivity index (χ0) is 26.8. The molecule has 2 heterocycles. The van der Waals surface area contributed by atoms with E-state index in [1.807, 2.05) is 11.4 Å². The summed E-state index contributed by atoms with van der Waals surface area (Å²) in [7, 11) is 0. The van der Waals surface area contributed by atoms with Gasteiger partial charge in [0, 0.05) is 18.7 Å². The molecule has 5 N–H and O–H groups in total. The van der Waals surface area contributed by atoms with Crippen LogP contribution in [0.3, 0.4) is 0 Å². The minimum atomic E-state index is -5.14. The molecular formula is C25H30F3N5O4. The van der Waals surface area contributed by atoms with Crippen LogP contribution in [0.25, 0.3) is 0 Å². The molecule has 1 saturated heterocycles. The highest BCUT2D eigenvalue weighted by molar-refractivity contribution is 6.07. The molecule has 9 nitrogen and oxygen atoms in total. The second-order valence-electron chi connectivity index (χ2n) is 11.1. The van der Waals surface area contributed by atoms with Crippen LogP contribution in [0.4, 0.5) is 18.9 Å². The Morgan fingerprint density at radius 2 is 1.86 bits per heavy atom. The van der Waals surface area contributed by atoms with Gasteiger partial charge in [0.2, 0.25) is 17.7 Å². The van der Waals surface area contributed by atoms with Crippen LogP contribution >= 0.6 is 0 Å². The Kier molecular flexibility index (Phi) is 6.00. The molecule has 2 saturated carbocycles. The van der Waals surface area contributed by atoms with Crippen molar-refractivity contribution < 1.29 is 32.3 Å². The number of carbonyl (C=O) groups is 4.